The van der Waals surface area contributed by atoms with Crippen LogP contribution in [0.5, 0.6) is 0 Å². The first kappa shape index (κ1) is 13.5. The van der Waals surface area contributed by atoms with Gasteiger partial charge in [0, 0.05) is 18.2 Å². The van der Waals surface area contributed by atoms with Crippen LogP contribution in [0.3, 0.4) is 0 Å². The third kappa shape index (κ3) is 4.08. The molecular weight excluding hydrogens is 229 g/mol. The van der Waals surface area contributed by atoms with Crippen LogP contribution in [-0.4, -0.2) is 24.7 Å². The fraction of sp³-hybridized carbons (Fsp3) is 0.455. The van der Waals surface area contributed by atoms with Gasteiger partial charge < -0.3 is 9.47 Å². The van der Waals surface area contributed by atoms with Gasteiger partial charge in [0.15, 0.2) is 0 Å². The fourth-order valence-electron chi connectivity index (χ4n) is 1.26. The SMILES string of the molecule is CCOCCOCc1cccc([N+](=O)[O-])c1F. The van der Waals surface area contributed by atoms with Crippen molar-refractivity contribution in [2.75, 3.05) is 19.8 Å². The molecule has 1 aromatic carbocycles. The van der Waals surface area contributed by atoms with Crippen molar-refractivity contribution in [1.29, 1.82) is 0 Å². The van der Waals surface area contributed by atoms with Crippen LogP contribution >= 0.6 is 0 Å². The van der Waals surface area contributed by atoms with Gasteiger partial charge >= 0.3 is 5.69 Å². The van der Waals surface area contributed by atoms with E-state index in [1.807, 2.05) is 6.92 Å². The van der Waals surface area contributed by atoms with Crippen molar-refractivity contribution < 1.29 is 18.8 Å². The van der Waals surface area contributed by atoms with Gasteiger partial charge in [-0.2, -0.15) is 4.39 Å². The lowest BCUT2D eigenvalue weighted by atomic mass is 10.2. The number of nitro benzene ring substituents is 1. The zero-order chi connectivity index (χ0) is 12.7. The van der Waals surface area contributed by atoms with Crippen molar-refractivity contribution >= 4 is 5.69 Å². The highest BCUT2D eigenvalue weighted by Gasteiger charge is 2.16. The van der Waals surface area contributed by atoms with Crippen LogP contribution in [0.25, 0.3) is 0 Å². The van der Waals surface area contributed by atoms with Gasteiger partial charge in [-0.1, -0.05) is 12.1 Å². The molecule has 17 heavy (non-hydrogen) atoms. The molecule has 0 aliphatic heterocycles. The first-order chi connectivity index (χ1) is 8.16. The first-order valence-corrected chi connectivity index (χ1v) is 5.24. The average molecular weight is 243 g/mol. The van der Waals surface area contributed by atoms with Crippen molar-refractivity contribution in [2.24, 2.45) is 0 Å². The summed E-state index contributed by atoms with van der Waals surface area (Å²) in [6, 6.07) is 4.02. The third-order valence-corrected chi connectivity index (χ3v) is 2.09. The molecule has 0 aliphatic carbocycles. The first-order valence-electron chi connectivity index (χ1n) is 5.24. The van der Waals surface area contributed by atoms with Gasteiger partial charge in [0.2, 0.25) is 5.82 Å². The summed E-state index contributed by atoms with van der Waals surface area (Å²) in [4.78, 5) is 9.74. The van der Waals surface area contributed by atoms with E-state index in [0.29, 0.717) is 19.8 Å². The van der Waals surface area contributed by atoms with E-state index in [2.05, 4.69) is 0 Å². The quantitative estimate of drug-likeness (QED) is 0.418. The van der Waals surface area contributed by atoms with Crippen LogP contribution in [0, 0.1) is 15.9 Å². The summed E-state index contributed by atoms with van der Waals surface area (Å²) in [5.74, 6) is -0.839. The summed E-state index contributed by atoms with van der Waals surface area (Å²) in [7, 11) is 0. The second kappa shape index (κ2) is 6.93. The standard InChI is InChI=1S/C11H14FNO4/c1-2-16-6-7-17-8-9-4-3-5-10(11(9)12)13(14)15/h3-5H,2,6-8H2,1H3. The number of nitro groups is 1. The van der Waals surface area contributed by atoms with Crippen LogP contribution in [0.15, 0.2) is 18.2 Å². The van der Waals surface area contributed by atoms with Crippen LogP contribution in [0.4, 0.5) is 10.1 Å². The number of hydrogen-bond donors (Lipinski definition) is 0. The Hall–Kier alpha value is -1.53. The maximum absolute atomic E-state index is 13.5. The lowest BCUT2D eigenvalue weighted by Crippen LogP contribution is -2.05. The van der Waals surface area contributed by atoms with Gasteiger partial charge in [-0.3, -0.25) is 10.1 Å². The minimum Gasteiger partial charge on any atom is -0.379 e. The summed E-state index contributed by atoms with van der Waals surface area (Å²) in [5, 5.41) is 10.5. The lowest BCUT2D eigenvalue weighted by molar-refractivity contribution is -0.387. The molecule has 0 heterocycles. The topological polar surface area (TPSA) is 61.6 Å². The number of hydrogen-bond acceptors (Lipinski definition) is 4. The second-order valence-electron chi connectivity index (χ2n) is 3.26. The van der Waals surface area contributed by atoms with E-state index in [-0.39, 0.29) is 12.2 Å². The van der Waals surface area contributed by atoms with Crippen molar-refractivity contribution in [2.45, 2.75) is 13.5 Å². The molecule has 0 radical (unpaired) electrons. The molecule has 0 saturated heterocycles. The van der Waals surface area contributed by atoms with Gasteiger partial charge in [-0.05, 0) is 6.92 Å². The second-order valence-corrected chi connectivity index (χ2v) is 3.26. The van der Waals surface area contributed by atoms with Crippen molar-refractivity contribution in [3.8, 4) is 0 Å². The Bertz CT molecular complexity index is 384. The zero-order valence-corrected chi connectivity index (χ0v) is 9.52. The van der Waals surface area contributed by atoms with Gasteiger partial charge in [0.1, 0.15) is 0 Å². The number of ether oxygens (including phenoxy) is 2. The van der Waals surface area contributed by atoms with E-state index in [4.69, 9.17) is 9.47 Å². The normalized spacial score (nSPS) is 10.5. The predicted molar refractivity (Wildman–Crippen MR) is 59.2 cm³/mol. The summed E-state index contributed by atoms with van der Waals surface area (Å²) >= 11 is 0. The minimum atomic E-state index is -0.839. The van der Waals surface area contributed by atoms with E-state index in [1.165, 1.54) is 12.1 Å². The molecule has 0 aliphatic rings. The highest BCUT2D eigenvalue weighted by molar-refractivity contribution is 5.36. The molecule has 0 atom stereocenters. The van der Waals surface area contributed by atoms with E-state index >= 15 is 0 Å². The maximum Gasteiger partial charge on any atom is 0.305 e. The van der Waals surface area contributed by atoms with E-state index in [9.17, 15) is 14.5 Å². The summed E-state index contributed by atoms with van der Waals surface area (Å²) in [5.41, 5.74) is -0.355. The number of nitrogens with zero attached hydrogens (tertiary/aromatic N) is 1. The molecule has 94 valence electrons. The van der Waals surface area contributed by atoms with Crippen molar-refractivity contribution in [3.05, 3.63) is 39.7 Å². The minimum absolute atomic E-state index is 0.000583. The Morgan fingerprint density at radius 2 is 2.06 bits per heavy atom. The molecule has 1 aromatic rings. The molecule has 0 fully saturated rings. The third-order valence-electron chi connectivity index (χ3n) is 2.09. The summed E-state index contributed by atoms with van der Waals surface area (Å²) in [6.07, 6.45) is 0. The van der Waals surface area contributed by atoms with Gasteiger partial charge in [-0.25, -0.2) is 0 Å². The van der Waals surface area contributed by atoms with Gasteiger partial charge in [-0.15, -0.1) is 0 Å². The van der Waals surface area contributed by atoms with E-state index in [0.717, 1.165) is 6.07 Å². The molecular formula is C11H14FNO4. The molecule has 1 rings (SSSR count). The molecule has 0 aromatic heterocycles. The summed E-state index contributed by atoms with van der Waals surface area (Å²) in [6.45, 7) is 3.21. The predicted octanol–water partition coefficient (Wildman–Crippen LogP) is 2.29. The van der Waals surface area contributed by atoms with Crippen LogP contribution in [-0.2, 0) is 16.1 Å². The number of benzene rings is 1. The smallest absolute Gasteiger partial charge is 0.305 e. The molecule has 0 N–H and O–H groups in total. The Labute approximate surface area is 98.3 Å². The largest absolute Gasteiger partial charge is 0.379 e. The Kier molecular flexibility index (Phi) is 5.51. The van der Waals surface area contributed by atoms with Crippen LogP contribution in [0.2, 0.25) is 0 Å². The highest BCUT2D eigenvalue weighted by atomic mass is 19.1. The van der Waals surface area contributed by atoms with Crippen LogP contribution < -0.4 is 0 Å². The van der Waals surface area contributed by atoms with Crippen LogP contribution in [0.1, 0.15) is 12.5 Å². The molecule has 6 heteroatoms. The monoisotopic (exact) mass is 243 g/mol. The Balaban J connectivity index is 2.54. The Morgan fingerprint density at radius 3 is 2.71 bits per heavy atom. The van der Waals surface area contributed by atoms with Gasteiger partial charge in [0.25, 0.3) is 0 Å². The lowest BCUT2D eigenvalue weighted by Gasteiger charge is -2.05. The zero-order valence-electron chi connectivity index (χ0n) is 9.52. The van der Waals surface area contributed by atoms with Gasteiger partial charge in [0.05, 0.1) is 24.7 Å². The number of rotatable bonds is 7. The molecule has 0 bridgehead atoms. The van der Waals surface area contributed by atoms with Crippen molar-refractivity contribution in [3.63, 3.8) is 0 Å². The maximum atomic E-state index is 13.5. The fourth-order valence-corrected chi connectivity index (χ4v) is 1.26. The van der Waals surface area contributed by atoms with Crippen molar-refractivity contribution in [1.82, 2.24) is 0 Å². The molecule has 0 unspecified atom stereocenters. The average Bonchev–Trinajstić information content (AvgIpc) is 2.30. The number of halogens is 1. The highest BCUT2D eigenvalue weighted by Crippen LogP contribution is 2.20. The molecule has 0 amide bonds. The Morgan fingerprint density at radius 1 is 1.35 bits per heavy atom. The molecule has 5 nitrogen and oxygen atoms in total. The van der Waals surface area contributed by atoms with E-state index < -0.39 is 16.4 Å². The summed E-state index contributed by atoms with van der Waals surface area (Å²) < 4.78 is 23.7. The van der Waals surface area contributed by atoms with E-state index in [1.54, 1.807) is 0 Å². The molecule has 0 saturated carbocycles. The molecule has 0 spiro atoms.